The monoisotopic (exact) mass is 253 g/mol. The number of aryl methyl sites for hydroxylation is 1. The molecule has 0 spiro atoms. The molecule has 0 radical (unpaired) electrons. The normalized spacial score (nSPS) is 10.2. The van der Waals surface area contributed by atoms with Crippen molar-refractivity contribution in [3.05, 3.63) is 11.6 Å². The number of carbonyl (C=O) groups excluding carboxylic acids is 2. The van der Waals surface area contributed by atoms with E-state index < -0.39 is 0 Å². The molecule has 1 heterocycles. The number of hydrogen-bond acceptors (Lipinski definition) is 4. The second-order valence-corrected chi connectivity index (χ2v) is 4.31. The Morgan fingerprint density at radius 3 is 2.50 bits per heavy atom. The largest absolute Gasteiger partial charge is 0.347 e. The van der Waals surface area contributed by atoms with E-state index in [1.807, 2.05) is 6.92 Å². The van der Waals surface area contributed by atoms with Crippen LogP contribution in [-0.4, -0.2) is 64.5 Å². The topological polar surface area (TPSA) is 82.2 Å². The Balaban J connectivity index is 2.65. The van der Waals surface area contributed by atoms with E-state index in [4.69, 9.17) is 0 Å². The third-order valence-electron chi connectivity index (χ3n) is 2.43. The summed E-state index contributed by atoms with van der Waals surface area (Å²) in [6, 6.07) is 0. The number of H-pyrrole nitrogens is 1. The highest BCUT2D eigenvalue weighted by molar-refractivity contribution is 5.93. The Bertz CT molecular complexity index is 427. The van der Waals surface area contributed by atoms with Crippen molar-refractivity contribution in [1.82, 2.24) is 25.0 Å². The lowest BCUT2D eigenvalue weighted by molar-refractivity contribution is -0.129. The van der Waals surface area contributed by atoms with Crippen molar-refractivity contribution in [3.63, 3.8) is 0 Å². The lowest BCUT2D eigenvalue weighted by Gasteiger charge is -2.17. The van der Waals surface area contributed by atoms with Crippen LogP contribution in [0.3, 0.4) is 0 Å². The molecule has 0 unspecified atom stereocenters. The van der Waals surface area contributed by atoms with Crippen LogP contribution in [0.15, 0.2) is 0 Å². The SMILES string of the molecule is CCCc1nc(C(=O)N(C)CC(=O)N(C)C)n[nH]1. The van der Waals surface area contributed by atoms with Gasteiger partial charge in [-0.25, -0.2) is 4.98 Å². The molecule has 0 aromatic carbocycles. The summed E-state index contributed by atoms with van der Waals surface area (Å²) in [5.74, 6) is 0.291. The lowest BCUT2D eigenvalue weighted by Crippen LogP contribution is -2.38. The van der Waals surface area contributed by atoms with Crippen molar-refractivity contribution in [3.8, 4) is 0 Å². The number of amides is 2. The van der Waals surface area contributed by atoms with Gasteiger partial charge in [0.2, 0.25) is 11.7 Å². The van der Waals surface area contributed by atoms with Crippen LogP contribution in [0.5, 0.6) is 0 Å². The van der Waals surface area contributed by atoms with Gasteiger partial charge < -0.3 is 9.80 Å². The van der Waals surface area contributed by atoms with Crippen LogP contribution in [0.4, 0.5) is 0 Å². The quantitative estimate of drug-likeness (QED) is 0.795. The Labute approximate surface area is 106 Å². The van der Waals surface area contributed by atoms with Crippen molar-refractivity contribution in [2.75, 3.05) is 27.7 Å². The van der Waals surface area contributed by atoms with Gasteiger partial charge in [-0.2, -0.15) is 0 Å². The predicted molar refractivity (Wildman–Crippen MR) is 66.0 cm³/mol. The first-order valence-corrected chi connectivity index (χ1v) is 5.82. The number of aromatic nitrogens is 3. The van der Waals surface area contributed by atoms with Crippen molar-refractivity contribution in [1.29, 1.82) is 0 Å². The van der Waals surface area contributed by atoms with Crippen LogP contribution in [0, 0.1) is 0 Å². The van der Waals surface area contributed by atoms with E-state index in [0.29, 0.717) is 5.82 Å². The molecular formula is C11H19N5O2. The number of nitrogens with one attached hydrogen (secondary N) is 1. The van der Waals surface area contributed by atoms with Gasteiger partial charge in [-0.15, -0.1) is 5.10 Å². The minimum atomic E-state index is -0.358. The Morgan fingerprint density at radius 2 is 1.94 bits per heavy atom. The second kappa shape index (κ2) is 6.13. The second-order valence-electron chi connectivity index (χ2n) is 4.31. The molecule has 7 nitrogen and oxygen atoms in total. The minimum absolute atomic E-state index is 0.0173. The molecule has 0 aliphatic carbocycles. The van der Waals surface area contributed by atoms with Crippen LogP contribution in [0.1, 0.15) is 29.8 Å². The van der Waals surface area contributed by atoms with E-state index in [2.05, 4.69) is 15.2 Å². The van der Waals surface area contributed by atoms with Crippen molar-refractivity contribution in [2.45, 2.75) is 19.8 Å². The Hall–Kier alpha value is -1.92. The maximum Gasteiger partial charge on any atom is 0.293 e. The third kappa shape index (κ3) is 3.54. The van der Waals surface area contributed by atoms with Crippen LogP contribution in [-0.2, 0) is 11.2 Å². The van der Waals surface area contributed by atoms with Gasteiger partial charge in [0.15, 0.2) is 0 Å². The first-order chi connectivity index (χ1) is 8.45. The van der Waals surface area contributed by atoms with E-state index >= 15 is 0 Å². The van der Waals surface area contributed by atoms with Gasteiger partial charge in [0.05, 0.1) is 6.54 Å². The third-order valence-corrected chi connectivity index (χ3v) is 2.43. The number of rotatable bonds is 5. The van der Waals surface area contributed by atoms with E-state index in [1.165, 1.54) is 9.80 Å². The molecule has 1 N–H and O–H groups in total. The first kappa shape index (κ1) is 14.1. The summed E-state index contributed by atoms with van der Waals surface area (Å²) in [4.78, 5) is 30.2. The summed E-state index contributed by atoms with van der Waals surface area (Å²) in [5, 5.41) is 6.57. The maximum absolute atomic E-state index is 11.9. The number of nitrogens with zero attached hydrogens (tertiary/aromatic N) is 4. The standard InChI is InChI=1S/C11H19N5O2/c1-5-6-8-12-10(14-13-8)11(18)16(4)7-9(17)15(2)3/h5-7H2,1-4H3,(H,12,13,14). The molecule has 0 aliphatic rings. The zero-order chi connectivity index (χ0) is 13.7. The zero-order valence-electron chi connectivity index (χ0n) is 11.2. The van der Waals surface area contributed by atoms with E-state index in [0.717, 1.165) is 12.8 Å². The highest BCUT2D eigenvalue weighted by atomic mass is 16.2. The van der Waals surface area contributed by atoms with Gasteiger partial charge in [0, 0.05) is 27.6 Å². The zero-order valence-corrected chi connectivity index (χ0v) is 11.2. The molecule has 0 saturated carbocycles. The molecule has 1 aromatic heterocycles. The molecule has 7 heteroatoms. The Kier molecular flexibility index (Phi) is 4.82. The molecule has 18 heavy (non-hydrogen) atoms. The molecule has 2 amide bonds. The van der Waals surface area contributed by atoms with Gasteiger partial charge in [-0.05, 0) is 6.42 Å². The molecule has 0 saturated heterocycles. The fourth-order valence-corrected chi connectivity index (χ4v) is 1.33. The minimum Gasteiger partial charge on any atom is -0.347 e. The molecule has 0 bridgehead atoms. The van der Waals surface area contributed by atoms with Gasteiger partial charge in [-0.3, -0.25) is 14.7 Å². The molecule has 1 aromatic rings. The average Bonchev–Trinajstić information content (AvgIpc) is 2.76. The van der Waals surface area contributed by atoms with E-state index in [1.54, 1.807) is 21.1 Å². The first-order valence-electron chi connectivity index (χ1n) is 5.82. The van der Waals surface area contributed by atoms with Crippen molar-refractivity contribution < 1.29 is 9.59 Å². The summed E-state index contributed by atoms with van der Waals surface area (Å²) in [7, 11) is 4.85. The van der Waals surface area contributed by atoms with Crippen LogP contribution >= 0.6 is 0 Å². The summed E-state index contributed by atoms with van der Waals surface area (Å²) >= 11 is 0. The summed E-state index contributed by atoms with van der Waals surface area (Å²) in [6.07, 6.45) is 1.68. The highest BCUT2D eigenvalue weighted by Crippen LogP contribution is 2.00. The predicted octanol–water partition coefficient (Wildman–Crippen LogP) is -0.0826. The van der Waals surface area contributed by atoms with Crippen LogP contribution in [0.2, 0.25) is 0 Å². The fraction of sp³-hybridized carbons (Fsp3) is 0.636. The molecule has 0 fully saturated rings. The molecule has 1 rings (SSSR count). The van der Waals surface area contributed by atoms with E-state index in [9.17, 15) is 9.59 Å². The number of carbonyl (C=O) groups is 2. The maximum atomic E-state index is 11.9. The van der Waals surface area contributed by atoms with Crippen LogP contribution < -0.4 is 0 Å². The molecular weight excluding hydrogens is 234 g/mol. The van der Waals surface area contributed by atoms with Crippen molar-refractivity contribution >= 4 is 11.8 Å². The van der Waals surface area contributed by atoms with Gasteiger partial charge in [0.1, 0.15) is 5.82 Å². The molecule has 0 aliphatic heterocycles. The van der Waals surface area contributed by atoms with E-state index in [-0.39, 0.29) is 24.2 Å². The van der Waals surface area contributed by atoms with Gasteiger partial charge in [-0.1, -0.05) is 6.92 Å². The summed E-state index contributed by atoms with van der Waals surface area (Å²) in [6.45, 7) is 2.04. The smallest absolute Gasteiger partial charge is 0.293 e. The average molecular weight is 253 g/mol. The molecule has 100 valence electrons. The number of likely N-dealkylation sites (N-methyl/N-ethyl adjacent to an activating group) is 2. The Morgan fingerprint density at radius 1 is 1.28 bits per heavy atom. The summed E-state index contributed by atoms with van der Waals surface area (Å²) < 4.78 is 0. The molecule has 0 atom stereocenters. The van der Waals surface area contributed by atoms with Gasteiger partial charge in [0.25, 0.3) is 5.91 Å². The van der Waals surface area contributed by atoms with Gasteiger partial charge >= 0.3 is 0 Å². The number of hydrogen-bond donors (Lipinski definition) is 1. The highest BCUT2D eigenvalue weighted by Gasteiger charge is 2.19. The lowest BCUT2D eigenvalue weighted by atomic mass is 10.3. The van der Waals surface area contributed by atoms with Crippen molar-refractivity contribution in [2.24, 2.45) is 0 Å². The van der Waals surface area contributed by atoms with Crippen LogP contribution in [0.25, 0.3) is 0 Å². The summed E-state index contributed by atoms with van der Waals surface area (Å²) in [5.41, 5.74) is 0. The number of aromatic amines is 1. The fourth-order valence-electron chi connectivity index (χ4n) is 1.33.